The number of fused-ring (bicyclic) bond motifs is 1. The van der Waals surface area contributed by atoms with Gasteiger partial charge in [0.15, 0.2) is 0 Å². The lowest BCUT2D eigenvalue weighted by atomic mass is 10.1. The molecule has 0 atom stereocenters. The van der Waals surface area contributed by atoms with Gasteiger partial charge in [0.2, 0.25) is 0 Å². The Morgan fingerprint density at radius 3 is 2.73 bits per heavy atom. The quantitative estimate of drug-likeness (QED) is 0.495. The highest BCUT2D eigenvalue weighted by Gasteiger charge is 2.28. The Morgan fingerprint density at radius 1 is 1.27 bits per heavy atom. The van der Waals surface area contributed by atoms with Gasteiger partial charge in [-0.3, -0.25) is 4.79 Å². The highest BCUT2D eigenvalue weighted by atomic mass is 16.2. The molecule has 3 N–H and O–H groups in total. The van der Waals surface area contributed by atoms with Crippen molar-refractivity contribution in [3.8, 4) is 0 Å². The van der Waals surface area contributed by atoms with Crippen LogP contribution in [0.4, 0.5) is 5.69 Å². The summed E-state index contributed by atoms with van der Waals surface area (Å²) in [5.74, 6) is -0.203. The minimum Gasteiger partial charge on any atom is -0.316 e. The summed E-state index contributed by atoms with van der Waals surface area (Å²) in [4.78, 5) is 11.0. The SMILES string of the molecule is [NH2+]=C1C(=O)Nc2ccccc21. The summed E-state index contributed by atoms with van der Waals surface area (Å²) >= 11 is 0. The van der Waals surface area contributed by atoms with E-state index >= 15 is 0 Å². The number of carbonyl (C=O) groups excluding carboxylic acids is 1. The molecular weight excluding hydrogens is 140 g/mol. The van der Waals surface area contributed by atoms with Crippen molar-refractivity contribution in [2.45, 2.75) is 0 Å². The molecule has 1 aromatic rings. The van der Waals surface area contributed by atoms with Crippen molar-refractivity contribution in [1.82, 2.24) is 0 Å². The predicted molar refractivity (Wildman–Crippen MR) is 41.1 cm³/mol. The van der Waals surface area contributed by atoms with Crippen LogP contribution in [-0.4, -0.2) is 11.6 Å². The van der Waals surface area contributed by atoms with Crippen molar-refractivity contribution < 1.29 is 10.2 Å². The van der Waals surface area contributed by atoms with E-state index in [0.29, 0.717) is 5.71 Å². The molecule has 3 nitrogen and oxygen atoms in total. The molecule has 0 saturated carbocycles. The Bertz CT molecular complexity index is 344. The van der Waals surface area contributed by atoms with Crippen LogP contribution >= 0.6 is 0 Å². The molecule has 1 heterocycles. The number of nitrogens with two attached hydrogens (primary N) is 1. The average Bonchev–Trinajstić information content (AvgIpc) is 2.30. The van der Waals surface area contributed by atoms with E-state index in [1.54, 1.807) is 0 Å². The van der Waals surface area contributed by atoms with Gasteiger partial charge in [0.05, 0.1) is 11.3 Å². The fourth-order valence-corrected chi connectivity index (χ4v) is 1.14. The summed E-state index contributed by atoms with van der Waals surface area (Å²) in [6, 6.07) is 7.36. The minimum atomic E-state index is -0.203. The van der Waals surface area contributed by atoms with E-state index < -0.39 is 0 Å². The summed E-state index contributed by atoms with van der Waals surface area (Å²) < 4.78 is 0. The molecule has 2 rings (SSSR count). The van der Waals surface area contributed by atoms with Crippen LogP contribution in [0.3, 0.4) is 0 Å². The molecule has 3 heteroatoms. The molecule has 1 aromatic carbocycles. The summed E-state index contributed by atoms with van der Waals surface area (Å²) in [6.45, 7) is 0. The van der Waals surface area contributed by atoms with Crippen molar-refractivity contribution in [3.63, 3.8) is 0 Å². The lowest BCUT2D eigenvalue weighted by Crippen LogP contribution is -2.44. The van der Waals surface area contributed by atoms with E-state index in [2.05, 4.69) is 5.32 Å². The van der Waals surface area contributed by atoms with Gasteiger partial charge < -0.3 is 5.32 Å². The summed E-state index contributed by atoms with van der Waals surface area (Å²) in [7, 11) is 0. The third-order valence-corrected chi connectivity index (χ3v) is 1.71. The predicted octanol–water partition coefficient (Wildman–Crippen LogP) is -0.813. The van der Waals surface area contributed by atoms with Crippen molar-refractivity contribution in [3.05, 3.63) is 29.8 Å². The van der Waals surface area contributed by atoms with Crippen LogP contribution in [0.25, 0.3) is 0 Å². The summed E-state index contributed by atoms with van der Waals surface area (Å²) in [5.41, 5.74) is 1.91. The Morgan fingerprint density at radius 2 is 2.00 bits per heavy atom. The lowest BCUT2D eigenvalue weighted by molar-refractivity contribution is -0.131. The second kappa shape index (κ2) is 1.92. The highest BCUT2D eigenvalue weighted by molar-refractivity contribution is 6.51. The number of carbonyl (C=O) groups is 1. The van der Waals surface area contributed by atoms with Crippen LogP contribution in [0.2, 0.25) is 0 Å². The van der Waals surface area contributed by atoms with Gasteiger partial charge >= 0.3 is 5.91 Å². The molecule has 0 fully saturated rings. The van der Waals surface area contributed by atoms with E-state index in [0.717, 1.165) is 11.3 Å². The van der Waals surface area contributed by atoms with E-state index in [4.69, 9.17) is 5.41 Å². The third kappa shape index (κ3) is 0.741. The summed E-state index contributed by atoms with van der Waals surface area (Å²) in [6.07, 6.45) is 0. The maximum absolute atomic E-state index is 11.0. The fourth-order valence-electron chi connectivity index (χ4n) is 1.14. The molecule has 0 aliphatic carbocycles. The molecule has 0 unspecified atom stereocenters. The molecule has 0 saturated heterocycles. The van der Waals surface area contributed by atoms with Gasteiger partial charge in [-0.2, -0.15) is 0 Å². The number of hydrogen-bond acceptors (Lipinski definition) is 1. The van der Waals surface area contributed by atoms with Crippen LogP contribution in [0, 0.1) is 0 Å². The molecule has 0 bridgehead atoms. The number of benzene rings is 1. The number of amides is 1. The maximum atomic E-state index is 11.0. The Hall–Kier alpha value is -1.64. The van der Waals surface area contributed by atoms with E-state index in [9.17, 15) is 4.79 Å². The first-order valence-electron chi connectivity index (χ1n) is 3.32. The van der Waals surface area contributed by atoms with Gasteiger partial charge in [0.1, 0.15) is 0 Å². The van der Waals surface area contributed by atoms with E-state index in [1.165, 1.54) is 0 Å². The van der Waals surface area contributed by atoms with Crippen molar-refractivity contribution in [2.75, 3.05) is 5.32 Å². The first-order valence-corrected chi connectivity index (χ1v) is 3.32. The van der Waals surface area contributed by atoms with E-state index in [1.807, 2.05) is 24.3 Å². The maximum Gasteiger partial charge on any atom is 0.320 e. The molecule has 0 aromatic heterocycles. The smallest absolute Gasteiger partial charge is 0.316 e. The number of hydrogen-bond donors (Lipinski definition) is 2. The van der Waals surface area contributed by atoms with Crippen molar-refractivity contribution in [1.29, 1.82) is 0 Å². The first kappa shape index (κ1) is 6.09. The van der Waals surface area contributed by atoms with Gasteiger partial charge in [-0.1, -0.05) is 12.1 Å². The zero-order chi connectivity index (χ0) is 7.84. The van der Waals surface area contributed by atoms with E-state index in [-0.39, 0.29) is 5.91 Å². The zero-order valence-corrected chi connectivity index (χ0v) is 5.79. The van der Waals surface area contributed by atoms with Gasteiger partial charge in [0.25, 0.3) is 5.71 Å². The molecular formula is C8H7N2O+. The van der Waals surface area contributed by atoms with Crippen LogP contribution in [0.5, 0.6) is 0 Å². The molecule has 11 heavy (non-hydrogen) atoms. The molecule has 0 spiro atoms. The second-order valence-corrected chi connectivity index (χ2v) is 2.41. The number of para-hydroxylation sites is 1. The number of rotatable bonds is 0. The van der Waals surface area contributed by atoms with Crippen LogP contribution in [0.15, 0.2) is 24.3 Å². The van der Waals surface area contributed by atoms with Crippen molar-refractivity contribution in [2.24, 2.45) is 0 Å². The number of nitrogens with one attached hydrogen (secondary N) is 1. The minimum absolute atomic E-state index is 0.203. The molecule has 0 radical (unpaired) electrons. The van der Waals surface area contributed by atoms with Crippen LogP contribution < -0.4 is 10.7 Å². The third-order valence-electron chi connectivity index (χ3n) is 1.71. The van der Waals surface area contributed by atoms with Crippen LogP contribution in [-0.2, 0) is 4.79 Å². The second-order valence-electron chi connectivity index (χ2n) is 2.41. The number of anilines is 1. The highest BCUT2D eigenvalue weighted by Crippen LogP contribution is 2.19. The Kier molecular flexibility index (Phi) is 1.06. The molecule has 1 aliphatic rings. The topological polar surface area (TPSA) is 54.7 Å². The molecule has 54 valence electrons. The van der Waals surface area contributed by atoms with Crippen LogP contribution in [0.1, 0.15) is 5.56 Å². The Balaban J connectivity index is 2.64. The first-order chi connectivity index (χ1) is 5.29. The standard InChI is InChI=1S/C8H6N2O/c9-7-5-3-1-2-4-6(5)10-8(7)11/h1-4H,(H2,9,10,11)/p+1. The molecule has 1 aliphatic heterocycles. The van der Waals surface area contributed by atoms with Gasteiger partial charge in [-0.05, 0) is 12.1 Å². The molecule has 1 amide bonds. The average molecular weight is 147 g/mol. The lowest BCUT2D eigenvalue weighted by Gasteiger charge is -1.90. The normalized spacial score (nSPS) is 14.5. The monoisotopic (exact) mass is 147 g/mol. The van der Waals surface area contributed by atoms with Gasteiger partial charge in [-0.15, -0.1) is 0 Å². The van der Waals surface area contributed by atoms with Gasteiger partial charge in [-0.25, -0.2) is 5.41 Å². The largest absolute Gasteiger partial charge is 0.320 e. The Labute approximate surface area is 63.6 Å². The van der Waals surface area contributed by atoms with Crippen molar-refractivity contribution >= 4 is 17.3 Å². The zero-order valence-electron chi connectivity index (χ0n) is 5.79. The summed E-state index contributed by atoms with van der Waals surface area (Å²) in [5, 5.41) is 8.14. The fraction of sp³-hybridized carbons (Fsp3) is 0. The van der Waals surface area contributed by atoms with Gasteiger partial charge in [0, 0.05) is 0 Å².